The van der Waals surface area contributed by atoms with Crippen LogP contribution in [-0.2, 0) is 9.59 Å². The molecule has 1 saturated carbocycles. The first kappa shape index (κ1) is 16.3. The molecular formula is C16H29N3O2. The molecule has 0 aromatic heterocycles. The lowest BCUT2D eigenvalue weighted by Crippen LogP contribution is -2.56. The van der Waals surface area contributed by atoms with E-state index in [9.17, 15) is 9.59 Å². The molecule has 120 valence electrons. The molecule has 1 saturated heterocycles. The van der Waals surface area contributed by atoms with Gasteiger partial charge in [0, 0.05) is 32.1 Å². The largest absolute Gasteiger partial charge is 0.339 e. The van der Waals surface area contributed by atoms with Crippen LogP contribution in [0.15, 0.2) is 0 Å². The van der Waals surface area contributed by atoms with Gasteiger partial charge >= 0.3 is 0 Å². The van der Waals surface area contributed by atoms with Crippen molar-refractivity contribution in [2.24, 2.45) is 17.6 Å². The molecular weight excluding hydrogens is 266 g/mol. The molecule has 0 unspecified atom stereocenters. The summed E-state index contributed by atoms with van der Waals surface area (Å²) in [6, 6.07) is -0.425. The van der Waals surface area contributed by atoms with E-state index in [0.29, 0.717) is 32.1 Å². The van der Waals surface area contributed by atoms with E-state index in [-0.39, 0.29) is 17.7 Å². The fourth-order valence-corrected chi connectivity index (χ4v) is 3.25. The fourth-order valence-electron chi connectivity index (χ4n) is 3.25. The zero-order valence-electron chi connectivity index (χ0n) is 13.4. The molecule has 0 spiro atoms. The topological polar surface area (TPSA) is 66.6 Å². The van der Waals surface area contributed by atoms with E-state index in [4.69, 9.17) is 5.73 Å². The smallest absolute Gasteiger partial charge is 0.239 e. The first-order chi connectivity index (χ1) is 10.0. The molecule has 0 radical (unpaired) electrons. The van der Waals surface area contributed by atoms with Crippen molar-refractivity contribution in [1.29, 1.82) is 0 Å². The van der Waals surface area contributed by atoms with Crippen LogP contribution in [0.5, 0.6) is 0 Å². The number of rotatable bonds is 3. The van der Waals surface area contributed by atoms with Crippen LogP contribution in [0.25, 0.3) is 0 Å². The lowest BCUT2D eigenvalue weighted by Gasteiger charge is -2.38. The van der Waals surface area contributed by atoms with Gasteiger partial charge in [-0.25, -0.2) is 0 Å². The Kier molecular flexibility index (Phi) is 5.62. The Labute approximate surface area is 127 Å². The number of carbonyl (C=O) groups is 2. The van der Waals surface area contributed by atoms with Gasteiger partial charge in [0.2, 0.25) is 11.8 Å². The van der Waals surface area contributed by atoms with Crippen molar-refractivity contribution < 1.29 is 9.59 Å². The quantitative estimate of drug-likeness (QED) is 0.851. The highest BCUT2D eigenvalue weighted by Gasteiger charge is 2.31. The summed E-state index contributed by atoms with van der Waals surface area (Å²) < 4.78 is 0. The van der Waals surface area contributed by atoms with Gasteiger partial charge in [-0.3, -0.25) is 9.59 Å². The monoisotopic (exact) mass is 295 g/mol. The van der Waals surface area contributed by atoms with Crippen molar-refractivity contribution in [2.75, 3.05) is 26.2 Å². The minimum atomic E-state index is -0.425. The van der Waals surface area contributed by atoms with Crippen LogP contribution in [-0.4, -0.2) is 53.8 Å². The van der Waals surface area contributed by atoms with E-state index in [2.05, 4.69) is 0 Å². The van der Waals surface area contributed by atoms with Crippen molar-refractivity contribution in [3.05, 3.63) is 0 Å². The molecule has 2 rings (SSSR count). The van der Waals surface area contributed by atoms with Crippen molar-refractivity contribution in [2.45, 2.75) is 52.0 Å². The number of hydrogen-bond donors (Lipinski definition) is 1. The zero-order chi connectivity index (χ0) is 15.4. The molecule has 0 aromatic carbocycles. The summed E-state index contributed by atoms with van der Waals surface area (Å²) in [7, 11) is 0. The molecule has 0 bridgehead atoms. The average molecular weight is 295 g/mol. The minimum absolute atomic E-state index is 0.0229. The number of nitrogens with two attached hydrogens (primary N) is 1. The Morgan fingerprint density at radius 2 is 1.48 bits per heavy atom. The highest BCUT2D eigenvalue weighted by Crippen LogP contribution is 2.25. The summed E-state index contributed by atoms with van der Waals surface area (Å²) in [6.07, 6.45) is 5.70. The van der Waals surface area contributed by atoms with Crippen LogP contribution < -0.4 is 5.73 Å². The van der Waals surface area contributed by atoms with Gasteiger partial charge in [0.05, 0.1) is 6.04 Å². The molecule has 1 atom stereocenters. The SMILES string of the molecule is CC(C)[C@H](N)C(=O)N1CCN(C(=O)C2CCCCC2)CC1. The second kappa shape index (κ2) is 7.25. The van der Waals surface area contributed by atoms with Crippen molar-refractivity contribution in [3.63, 3.8) is 0 Å². The molecule has 2 N–H and O–H groups in total. The van der Waals surface area contributed by atoms with Crippen LogP contribution >= 0.6 is 0 Å². The number of amides is 2. The number of nitrogens with zero attached hydrogens (tertiary/aromatic N) is 2. The Hall–Kier alpha value is -1.10. The molecule has 5 heteroatoms. The molecule has 1 aliphatic heterocycles. The number of piperazine rings is 1. The maximum absolute atomic E-state index is 12.5. The van der Waals surface area contributed by atoms with Crippen LogP contribution in [0.3, 0.4) is 0 Å². The van der Waals surface area contributed by atoms with Crippen molar-refractivity contribution >= 4 is 11.8 Å². The van der Waals surface area contributed by atoms with E-state index in [1.165, 1.54) is 19.3 Å². The molecule has 5 nitrogen and oxygen atoms in total. The highest BCUT2D eigenvalue weighted by atomic mass is 16.2. The van der Waals surface area contributed by atoms with Crippen LogP contribution in [0, 0.1) is 11.8 Å². The van der Waals surface area contributed by atoms with Gasteiger partial charge in [0.15, 0.2) is 0 Å². The summed E-state index contributed by atoms with van der Waals surface area (Å²) in [5, 5.41) is 0. The van der Waals surface area contributed by atoms with Crippen LogP contribution in [0.4, 0.5) is 0 Å². The predicted octanol–water partition coefficient (Wildman–Crippen LogP) is 1.22. The molecule has 1 heterocycles. The predicted molar refractivity (Wildman–Crippen MR) is 82.5 cm³/mol. The van der Waals surface area contributed by atoms with Gasteiger partial charge in [-0.1, -0.05) is 33.1 Å². The Morgan fingerprint density at radius 1 is 0.952 bits per heavy atom. The zero-order valence-corrected chi connectivity index (χ0v) is 13.4. The Bertz CT molecular complexity index is 370. The third-order valence-corrected chi connectivity index (χ3v) is 4.86. The number of hydrogen-bond acceptors (Lipinski definition) is 3. The summed E-state index contributed by atoms with van der Waals surface area (Å²) in [4.78, 5) is 28.4. The van der Waals surface area contributed by atoms with E-state index in [1.54, 1.807) is 0 Å². The highest BCUT2D eigenvalue weighted by molar-refractivity contribution is 5.83. The Balaban J connectivity index is 1.82. The lowest BCUT2D eigenvalue weighted by molar-refractivity contribution is -0.143. The van der Waals surface area contributed by atoms with E-state index in [0.717, 1.165) is 12.8 Å². The molecule has 2 fully saturated rings. The molecule has 1 aliphatic carbocycles. The van der Waals surface area contributed by atoms with E-state index in [1.807, 2.05) is 23.6 Å². The van der Waals surface area contributed by atoms with Gasteiger partial charge in [-0.05, 0) is 18.8 Å². The van der Waals surface area contributed by atoms with E-state index >= 15 is 0 Å². The number of carbonyl (C=O) groups excluding carboxylic acids is 2. The second-order valence-corrected chi connectivity index (χ2v) is 6.76. The van der Waals surface area contributed by atoms with Crippen LogP contribution in [0.1, 0.15) is 46.0 Å². The summed E-state index contributed by atoms with van der Waals surface area (Å²) >= 11 is 0. The Morgan fingerprint density at radius 3 is 2.00 bits per heavy atom. The minimum Gasteiger partial charge on any atom is -0.339 e. The first-order valence-electron chi connectivity index (χ1n) is 8.34. The maximum atomic E-state index is 12.5. The average Bonchev–Trinajstić information content (AvgIpc) is 2.53. The van der Waals surface area contributed by atoms with Gasteiger partial charge in [0.1, 0.15) is 0 Å². The van der Waals surface area contributed by atoms with Gasteiger partial charge < -0.3 is 15.5 Å². The lowest BCUT2D eigenvalue weighted by atomic mass is 9.88. The summed E-state index contributed by atoms with van der Waals surface area (Å²) in [5.41, 5.74) is 5.93. The third-order valence-electron chi connectivity index (χ3n) is 4.86. The maximum Gasteiger partial charge on any atom is 0.239 e. The van der Waals surface area contributed by atoms with Crippen molar-refractivity contribution in [1.82, 2.24) is 9.80 Å². The van der Waals surface area contributed by atoms with Gasteiger partial charge in [-0.2, -0.15) is 0 Å². The van der Waals surface area contributed by atoms with E-state index < -0.39 is 6.04 Å². The summed E-state index contributed by atoms with van der Waals surface area (Å²) in [6.45, 7) is 6.49. The fraction of sp³-hybridized carbons (Fsp3) is 0.875. The normalized spacial score (nSPS) is 22.5. The van der Waals surface area contributed by atoms with Crippen LogP contribution in [0.2, 0.25) is 0 Å². The second-order valence-electron chi connectivity index (χ2n) is 6.76. The third kappa shape index (κ3) is 3.96. The standard InChI is InChI=1S/C16H29N3O2/c1-12(2)14(17)16(21)19-10-8-18(9-11-19)15(20)13-6-4-3-5-7-13/h12-14H,3-11,17H2,1-2H3/t14-/m0/s1. The van der Waals surface area contributed by atoms with Gasteiger partial charge in [-0.15, -0.1) is 0 Å². The summed E-state index contributed by atoms with van der Waals surface area (Å²) in [5.74, 6) is 0.697. The molecule has 2 amide bonds. The first-order valence-corrected chi connectivity index (χ1v) is 8.34. The molecule has 21 heavy (non-hydrogen) atoms. The van der Waals surface area contributed by atoms with Gasteiger partial charge in [0.25, 0.3) is 0 Å². The molecule has 0 aromatic rings. The molecule has 2 aliphatic rings. The van der Waals surface area contributed by atoms with Crippen molar-refractivity contribution in [3.8, 4) is 0 Å².